The number of hydrogen-bond donors (Lipinski definition) is 1. The average Bonchev–Trinajstić information content (AvgIpc) is 2.59. The van der Waals surface area contributed by atoms with Crippen LogP contribution in [0.3, 0.4) is 0 Å². The van der Waals surface area contributed by atoms with Gasteiger partial charge in [0.05, 0.1) is 6.20 Å². The molecule has 4 nitrogen and oxygen atoms in total. The van der Waals surface area contributed by atoms with E-state index in [0.717, 1.165) is 5.69 Å². The smallest absolute Gasteiger partial charge is 0.220 e. The maximum absolute atomic E-state index is 11.2. The molecule has 2 rings (SSSR count). The zero-order valence-electron chi connectivity index (χ0n) is 8.74. The van der Waals surface area contributed by atoms with E-state index in [1.54, 1.807) is 0 Å². The number of nitrogens with one attached hydrogen (secondary N) is 1. The summed E-state index contributed by atoms with van der Waals surface area (Å²) in [6.07, 6.45) is 2.46. The summed E-state index contributed by atoms with van der Waals surface area (Å²) >= 11 is 0. The maximum atomic E-state index is 11.2. The van der Waals surface area contributed by atoms with Gasteiger partial charge in [0.15, 0.2) is 0 Å². The first-order chi connectivity index (χ1) is 6.59. The predicted molar refractivity (Wildman–Crippen MR) is 52.9 cm³/mol. The van der Waals surface area contributed by atoms with Crippen molar-refractivity contribution < 1.29 is 4.79 Å². The van der Waals surface area contributed by atoms with Crippen LogP contribution in [-0.2, 0) is 11.8 Å². The van der Waals surface area contributed by atoms with E-state index >= 15 is 0 Å². The van der Waals surface area contributed by atoms with Crippen molar-refractivity contribution in [3.8, 4) is 0 Å². The Labute approximate surface area is 83.3 Å². The summed E-state index contributed by atoms with van der Waals surface area (Å²) in [4.78, 5) is 11.2. The standard InChI is InChI=1S/C10H15N3O/c1-6-8(4-10(14)12-6)9-5-11-13(3)7(9)2/h5-6,8H,4H2,1-3H3,(H,12,14). The van der Waals surface area contributed by atoms with Crippen LogP contribution < -0.4 is 5.32 Å². The molecule has 2 atom stereocenters. The molecule has 0 aromatic carbocycles. The van der Waals surface area contributed by atoms with Crippen LogP contribution in [-0.4, -0.2) is 21.7 Å². The van der Waals surface area contributed by atoms with Crippen LogP contribution in [0.4, 0.5) is 0 Å². The molecule has 76 valence electrons. The van der Waals surface area contributed by atoms with Crippen molar-refractivity contribution in [1.82, 2.24) is 15.1 Å². The van der Waals surface area contributed by atoms with Gasteiger partial charge in [0, 0.05) is 31.1 Å². The Morgan fingerprint density at radius 2 is 2.36 bits per heavy atom. The Kier molecular flexibility index (Phi) is 2.06. The van der Waals surface area contributed by atoms with E-state index in [0.29, 0.717) is 6.42 Å². The SMILES string of the molecule is Cc1c(C2CC(=O)NC2C)cnn1C. The van der Waals surface area contributed by atoms with E-state index < -0.39 is 0 Å². The lowest BCUT2D eigenvalue weighted by Gasteiger charge is -2.13. The minimum Gasteiger partial charge on any atom is -0.353 e. The number of aryl methyl sites for hydroxylation is 1. The van der Waals surface area contributed by atoms with Gasteiger partial charge >= 0.3 is 0 Å². The summed E-state index contributed by atoms with van der Waals surface area (Å²) in [5, 5.41) is 7.12. The number of carbonyl (C=O) groups excluding carboxylic acids is 1. The van der Waals surface area contributed by atoms with E-state index in [-0.39, 0.29) is 17.9 Å². The van der Waals surface area contributed by atoms with Crippen molar-refractivity contribution in [3.63, 3.8) is 0 Å². The monoisotopic (exact) mass is 193 g/mol. The third kappa shape index (κ3) is 1.31. The van der Waals surface area contributed by atoms with Crippen molar-refractivity contribution in [1.29, 1.82) is 0 Å². The fraction of sp³-hybridized carbons (Fsp3) is 0.600. The quantitative estimate of drug-likeness (QED) is 0.714. The van der Waals surface area contributed by atoms with Gasteiger partial charge in [-0.1, -0.05) is 0 Å². The lowest BCUT2D eigenvalue weighted by molar-refractivity contribution is -0.119. The molecule has 1 aliphatic rings. The molecule has 1 aliphatic heterocycles. The summed E-state index contributed by atoms with van der Waals surface area (Å²) < 4.78 is 1.85. The van der Waals surface area contributed by atoms with Crippen LogP contribution in [0.1, 0.15) is 30.5 Å². The van der Waals surface area contributed by atoms with Gasteiger partial charge in [-0.15, -0.1) is 0 Å². The van der Waals surface area contributed by atoms with Gasteiger partial charge in [-0.25, -0.2) is 0 Å². The fourth-order valence-electron chi connectivity index (χ4n) is 2.05. The first-order valence-corrected chi connectivity index (χ1v) is 4.87. The minimum atomic E-state index is 0.144. The minimum absolute atomic E-state index is 0.144. The molecular formula is C10H15N3O. The molecule has 1 aromatic rings. The largest absolute Gasteiger partial charge is 0.353 e. The highest BCUT2D eigenvalue weighted by Gasteiger charge is 2.32. The Hall–Kier alpha value is -1.32. The zero-order valence-corrected chi connectivity index (χ0v) is 8.74. The molecule has 1 aromatic heterocycles. The molecule has 2 heterocycles. The van der Waals surface area contributed by atoms with Crippen molar-refractivity contribution in [3.05, 3.63) is 17.5 Å². The predicted octanol–water partition coefficient (Wildman–Crippen LogP) is 0.721. The molecule has 4 heteroatoms. The zero-order chi connectivity index (χ0) is 10.3. The molecule has 1 saturated heterocycles. The first kappa shape index (κ1) is 9.24. The normalized spacial score (nSPS) is 26.6. The Bertz CT molecular complexity index is 369. The molecule has 0 aliphatic carbocycles. The second kappa shape index (κ2) is 3.12. The highest BCUT2D eigenvalue weighted by atomic mass is 16.1. The second-order valence-electron chi connectivity index (χ2n) is 3.98. The molecule has 0 radical (unpaired) electrons. The Morgan fingerprint density at radius 3 is 2.79 bits per heavy atom. The lowest BCUT2D eigenvalue weighted by atomic mass is 9.93. The van der Waals surface area contributed by atoms with E-state index in [4.69, 9.17) is 0 Å². The summed E-state index contributed by atoms with van der Waals surface area (Å²) in [5.74, 6) is 0.432. The molecule has 0 spiro atoms. The van der Waals surface area contributed by atoms with Crippen LogP contribution >= 0.6 is 0 Å². The molecule has 0 saturated carbocycles. The molecule has 14 heavy (non-hydrogen) atoms. The number of rotatable bonds is 1. The number of hydrogen-bond acceptors (Lipinski definition) is 2. The molecule has 1 N–H and O–H groups in total. The van der Waals surface area contributed by atoms with E-state index in [1.807, 2.05) is 31.8 Å². The van der Waals surface area contributed by atoms with Crippen LogP contribution in [0, 0.1) is 6.92 Å². The Balaban J connectivity index is 2.31. The average molecular weight is 193 g/mol. The van der Waals surface area contributed by atoms with Crippen molar-refractivity contribution in [2.45, 2.75) is 32.2 Å². The van der Waals surface area contributed by atoms with Crippen LogP contribution in [0.2, 0.25) is 0 Å². The van der Waals surface area contributed by atoms with Gasteiger partial charge < -0.3 is 5.32 Å². The van der Waals surface area contributed by atoms with Gasteiger partial charge in [0.2, 0.25) is 5.91 Å². The number of aromatic nitrogens is 2. The van der Waals surface area contributed by atoms with Crippen LogP contribution in [0.25, 0.3) is 0 Å². The highest BCUT2D eigenvalue weighted by molar-refractivity contribution is 5.80. The summed E-state index contributed by atoms with van der Waals surface area (Å²) in [5.41, 5.74) is 2.34. The van der Waals surface area contributed by atoms with Gasteiger partial charge in [-0.2, -0.15) is 5.10 Å². The highest BCUT2D eigenvalue weighted by Crippen LogP contribution is 2.29. The van der Waals surface area contributed by atoms with Crippen LogP contribution in [0.5, 0.6) is 0 Å². The van der Waals surface area contributed by atoms with Crippen molar-refractivity contribution in [2.24, 2.45) is 7.05 Å². The topological polar surface area (TPSA) is 46.9 Å². The molecule has 1 amide bonds. The summed E-state index contributed by atoms with van der Waals surface area (Å²) in [6.45, 7) is 4.08. The Morgan fingerprint density at radius 1 is 1.64 bits per heavy atom. The molecule has 1 fully saturated rings. The van der Waals surface area contributed by atoms with E-state index in [1.165, 1.54) is 5.56 Å². The van der Waals surface area contributed by atoms with Gasteiger partial charge in [0.1, 0.15) is 0 Å². The third-order valence-corrected chi connectivity index (χ3v) is 3.07. The maximum Gasteiger partial charge on any atom is 0.220 e. The van der Waals surface area contributed by atoms with Crippen molar-refractivity contribution in [2.75, 3.05) is 0 Å². The van der Waals surface area contributed by atoms with Crippen molar-refractivity contribution >= 4 is 5.91 Å². The number of amides is 1. The van der Waals surface area contributed by atoms with Crippen LogP contribution in [0.15, 0.2) is 6.20 Å². The number of carbonyl (C=O) groups is 1. The number of nitrogens with zero attached hydrogens (tertiary/aromatic N) is 2. The summed E-state index contributed by atoms with van der Waals surface area (Å²) in [6, 6.07) is 0.227. The van der Waals surface area contributed by atoms with E-state index in [9.17, 15) is 4.79 Å². The lowest BCUT2D eigenvalue weighted by Crippen LogP contribution is -2.24. The second-order valence-corrected chi connectivity index (χ2v) is 3.98. The summed E-state index contributed by atoms with van der Waals surface area (Å²) in [7, 11) is 1.92. The molecule has 2 unspecified atom stereocenters. The van der Waals surface area contributed by atoms with Gasteiger partial charge in [-0.05, 0) is 19.4 Å². The molecular weight excluding hydrogens is 178 g/mol. The molecule has 0 bridgehead atoms. The van der Waals surface area contributed by atoms with E-state index in [2.05, 4.69) is 10.4 Å². The third-order valence-electron chi connectivity index (χ3n) is 3.07. The first-order valence-electron chi connectivity index (χ1n) is 4.87. The fourth-order valence-corrected chi connectivity index (χ4v) is 2.05. The van der Waals surface area contributed by atoms with Gasteiger partial charge in [0.25, 0.3) is 0 Å². The van der Waals surface area contributed by atoms with Gasteiger partial charge in [-0.3, -0.25) is 9.48 Å².